The maximum absolute atomic E-state index is 11.2. The molecule has 0 spiro atoms. The molecule has 1 aliphatic rings. The Balaban J connectivity index is 2.27. The van der Waals surface area contributed by atoms with E-state index in [9.17, 15) is 4.79 Å². The van der Waals surface area contributed by atoms with Crippen molar-refractivity contribution in [1.82, 2.24) is 10.2 Å². The molecule has 1 saturated heterocycles. The highest BCUT2D eigenvalue weighted by Crippen LogP contribution is 2.13. The molecule has 3 N–H and O–H groups in total. The predicted molar refractivity (Wildman–Crippen MR) is 52.3 cm³/mol. The molecule has 13 heavy (non-hydrogen) atoms. The minimum atomic E-state index is 0.101. The second-order valence-corrected chi connectivity index (χ2v) is 3.79. The lowest BCUT2D eigenvalue weighted by atomic mass is 10.1. The van der Waals surface area contributed by atoms with E-state index in [1.807, 2.05) is 6.92 Å². The number of amides is 1. The van der Waals surface area contributed by atoms with Crippen LogP contribution in [0.15, 0.2) is 0 Å². The smallest absolute Gasteiger partial charge is 0.234 e. The minimum Gasteiger partial charge on any atom is -0.355 e. The number of nitrogens with two attached hydrogens (primary N) is 1. The fraction of sp³-hybridized carbons (Fsp3) is 0.889. The van der Waals surface area contributed by atoms with Crippen molar-refractivity contribution in [2.45, 2.75) is 19.9 Å². The van der Waals surface area contributed by atoms with Gasteiger partial charge in [0.1, 0.15) is 0 Å². The number of rotatable bonds is 3. The number of nitrogens with one attached hydrogen (secondary N) is 1. The van der Waals surface area contributed by atoms with Gasteiger partial charge in [0, 0.05) is 25.7 Å². The van der Waals surface area contributed by atoms with E-state index in [1.165, 1.54) is 0 Å². The summed E-state index contributed by atoms with van der Waals surface area (Å²) in [5.74, 6) is 0.609. The second kappa shape index (κ2) is 4.58. The summed E-state index contributed by atoms with van der Waals surface area (Å²) in [4.78, 5) is 13.3. The Morgan fingerprint density at radius 3 is 2.77 bits per heavy atom. The first kappa shape index (κ1) is 10.5. The van der Waals surface area contributed by atoms with Crippen LogP contribution in [-0.2, 0) is 4.79 Å². The van der Waals surface area contributed by atoms with Gasteiger partial charge in [0.25, 0.3) is 0 Å². The molecular weight excluding hydrogens is 166 g/mol. The van der Waals surface area contributed by atoms with Crippen LogP contribution in [0, 0.1) is 5.92 Å². The zero-order valence-electron chi connectivity index (χ0n) is 8.42. The normalized spacial score (nSPS) is 29.2. The van der Waals surface area contributed by atoms with Gasteiger partial charge in [0.15, 0.2) is 0 Å². The van der Waals surface area contributed by atoms with Crippen LogP contribution in [-0.4, -0.2) is 43.0 Å². The maximum Gasteiger partial charge on any atom is 0.234 e. The van der Waals surface area contributed by atoms with Gasteiger partial charge in [-0.15, -0.1) is 0 Å². The van der Waals surface area contributed by atoms with Crippen molar-refractivity contribution in [2.75, 3.05) is 26.2 Å². The standard InChI is InChI=1S/C9H19N3O/c1-3-11-9(13)6-12-4-7(2)8(10)5-12/h7-8H,3-6,10H2,1-2H3,(H,11,13). The lowest BCUT2D eigenvalue weighted by Gasteiger charge is -2.13. The van der Waals surface area contributed by atoms with Crippen LogP contribution in [0.2, 0.25) is 0 Å². The van der Waals surface area contributed by atoms with E-state index in [4.69, 9.17) is 5.73 Å². The third kappa shape index (κ3) is 2.97. The molecule has 76 valence electrons. The first-order chi connectivity index (χ1) is 6.13. The summed E-state index contributed by atoms with van der Waals surface area (Å²) in [5.41, 5.74) is 5.84. The zero-order valence-corrected chi connectivity index (χ0v) is 8.42. The molecule has 1 heterocycles. The van der Waals surface area contributed by atoms with Gasteiger partial charge < -0.3 is 11.1 Å². The van der Waals surface area contributed by atoms with E-state index in [0.29, 0.717) is 19.0 Å². The zero-order chi connectivity index (χ0) is 9.84. The van der Waals surface area contributed by atoms with Crippen molar-refractivity contribution in [3.05, 3.63) is 0 Å². The van der Waals surface area contributed by atoms with Gasteiger partial charge >= 0.3 is 0 Å². The number of likely N-dealkylation sites (N-methyl/N-ethyl adjacent to an activating group) is 1. The molecule has 0 radical (unpaired) electrons. The van der Waals surface area contributed by atoms with Gasteiger partial charge in [0.2, 0.25) is 5.91 Å². The monoisotopic (exact) mass is 185 g/mol. The van der Waals surface area contributed by atoms with Crippen molar-refractivity contribution in [3.8, 4) is 0 Å². The molecule has 0 aromatic heterocycles. The molecule has 2 unspecified atom stereocenters. The molecule has 0 aliphatic carbocycles. The molecule has 1 fully saturated rings. The van der Waals surface area contributed by atoms with Crippen LogP contribution >= 0.6 is 0 Å². The van der Waals surface area contributed by atoms with E-state index in [2.05, 4.69) is 17.1 Å². The fourth-order valence-electron chi connectivity index (χ4n) is 1.68. The van der Waals surface area contributed by atoms with Crippen molar-refractivity contribution in [2.24, 2.45) is 11.7 Å². The fourth-order valence-corrected chi connectivity index (χ4v) is 1.68. The Morgan fingerprint density at radius 1 is 1.62 bits per heavy atom. The summed E-state index contributed by atoms with van der Waals surface area (Å²) >= 11 is 0. The molecule has 0 saturated carbocycles. The van der Waals surface area contributed by atoms with Crippen LogP contribution in [0.5, 0.6) is 0 Å². The summed E-state index contributed by atoms with van der Waals surface area (Å²) in [6.07, 6.45) is 0. The summed E-state index contributed by atoms with van der Waals surface area (Å²) in [5, 5.41) is 2.78. The van der Waals surface area contributed by atoms with Gasteiger partial charge in [-0.3, -0.25) is 9.69 Å². The number of likely N-dealkylation sites (tertiary alicyclic amines) is 1. The highest BCUT2D eigenvalue weighted by molar-refractivity contribution is 5.77. The number of nitrogens with zero attached hydrogens (tertiary/aromatic N) is 1. The number of hydrogen-bond acceptors (Lipinski definition) is 3. The molecule has 1 aliphatic heterocycles. The largest absolute Gasteiger partial charge is 0.355 e. The maximum atomic E-state index is 11.2. The summed E-state index contributed by atoms with van der Waals surface area (Å²) in [6, 6.07) is 0.231. The number of carbonyl (C=O) groups is 1. The van der Waals surface area contributed by atoms with Crippen molar-refractivity contribution >= 4 is 5.91 Å². The van der Waals surface area contributed by atoms with Crippen molar-refractivity contribution in [1.29, 1.82) is 0 Å². The summed E-state index contributed by atoms with van der Waals surface area (Å²) in [6.45, 7) is 7.04. The van der Waals surface area contributed by atoms with Crippen LogP contribution in [0.25, 0.3) is 0 Å². The molecular formula is C9H19N3O. The van der Waals surface area contributed by atoms with Gasteiger partial charge in [-0.05, 0) is 12.8 Å². The first-order valence-electron chi connectivity index (χ1n) is 4.88. The van der Waals surface area contributed by atoms with E-state index >= 15 is 0 Å². The molecule has 0 aromatic rings. The highest BCUT2D eigenvalue weighted by atomic mass is 16.2. The topological polar surface area (TPSA) is 58.4 Å². The Morgan fingerprint density at radius 2 is 2.31 bits per heavy atom. The molecule has 4 heteroatoms. The van der Waals surface area contributed by atoms with E-state index < -0.39 is 0 Å². The van der Waals surface area contributed by atoms with E-state index in [0.717, 1.165) is 13.1 Å². The molecule has 2 atom stereocenters. The summed E-state index contributed by atoms with van der Waals surface area (Å²) in [7, 11) is 0. The minimum absolute atomic E-state index is 0.101. The van der Waals surface area contributed by atoms with Crippen molar-refractivity contribution < 1.29 is 4.79 Å². The number of hydrogen-bond donors (Lipinski definition) is 2. The molecule has 4 nitrogen and oxygen atoms in total. The SMILES string of the molecule is CCNC(=O)CN1CC(C)C(N)C1. The van der Waals surface area contributed by atoms with Crippen LogP contribution in [0.4, 0.5) is 0 Å². The molecule has 1 rings (SSSR count). The Bertz CT molecular complexity index is 174. The Labute approximate surface area is 79.5 Å². The van der Waals surface area contributed by atoms with Crippen molar-refractivity contribution in [3.63, 3.8) is 0 Å². The van der Waals surface area contributed by atoms with Gasteiger partial charge in [-0.1, -0.05) is 6.92 Å². The van der Waals surface area contributed by atoms with E-state index in [1.54, 1.807) is 0 Å². The molecule has 0 aromatic carbocycles. The second-order valence-electron chi connectivity index (χ2n) is 3.79. The van der Waals surface area contributed by atoms with E-state index in [-0.39, 0.29) is 11.9 Å². The lowest BCUT2D eigenvalue weighted by molar-refractivity contribution is -0.121. The number of carbonyl (C=O) groups excluding carboxylic acids is 1. The first-order valence-corrected chi connectivity index (χ1v) is 4.88. The average molecular weight is 185 g/mol. The molecule has 1 amide bonds. The third-order valence-corrected chi connectivity index (χ3v) is 2.49. The Kier molecular flexibility index (Phi) is 3.69. The predicted octanol–water partition coefficient (Wildman–Crippen LogP) is -0.598. The van der Waals surface area contributed by atoms with Gasteiger partial charge in [-0.2, -0.15) is 0 Å². The quantitative estimate of drug-likeness (QED) is 0.617. The van der Waals surface area contributed by atoms with Crippen LogP contribution in [0.3, 0.4) is 0 Å². The highest BCUT2D eigenvalue weighted by Gasteiger charge is 2.27. The van der Waals surface area contributed by atoms with Gasteiger partial charge in [0.05, 0.1) is 6.54 Å². The Hall–Kier alpha value is -0.610. The van der Waals surface area contributed by atoms with Crippen LogP contribution < -0.4 is 11.1 Å². The lowest BCUT2D eigenvalue weighted by Crippen LogP contribution is -2.37. The molecule has 0 bridgehead atoms. The van der Waals surface area contributed by atoms with Crippen LogP contribution in [0.1, 0.15) is 13.8 Å². The van der Waals surface area contributed by atoms with Gasteiger partial charge in [-0.25, -0.2) is 0 Å². The summed E-state index contributed by atoms with van der Waals surface area (Å²) < 4.78 is 0. The average Bonchev–Trinajstić information content (AvgIpc) is 2.31. The third-order valence-electron chi connectivity index (χ3n) is 2.49.